The Morgan fingerprint density at radius 3 is 2.53 bits per heavy atom. The Kier molecular flexibility index (Phi) is 6.03. The maximum Gasteiger partial charge on any atom is 0.322 e. The maximum absolute atomic E-state index is 13.1. The Bertz CT molecular complexity index is 969. The van der Waals surface area contributed by atoms with E-state index in [4.69, 9.17) is 0 Å². The van der Waals surface area contributed by atoms with Gasteiger partial charge in [0.1, 0.15) is 6.23 Å². The summed E-state index contributed by atoms with van der Waals surface area (Å²) in [7, 11) is 6.33. The third-order valence-electron chi connectivity index (χ3n) is 8.13. The number of aliphatic imine (C=N–C) groups is 1. The number of guanidine groups is 1. The highest BCUT2D eigenvalue weighted by atomic mass is 16.3. The summed E-state index contributed by atoms with van der Waals surface area (Å²) in [5.74, 6) is 0.843. The van der Waals surface area contributed by atoms with Crippen LogP contribution >= 0.6 is 0 Å². The fraction of sp³-hybridized carbons (Fsp3) is 0.600. The average Bonchev–Trinajstić information content (AvgIpc) is 3.15. The molecule has 1 aliphatic carbocycles. The number of benzene rings is 1. The van der Waals surface area contributed by atoms with Crippen LogP contribution in [0.1, 0.15) is 31.2 Å². The smallest absolute Gasteiger partial charge is 0.322 e. The second-order valence-electron chi connectivity index (χ2n) is 10.4. The van der Waals surface area contributed by atoms with Crippen molar-refractivity contribution in [3.8, 4) is 0 Å². The molecule has 1 saturated carbocycles. The summed E-state index contributed by atoms with van der Waals surface area (Å²) in [4.78, 5) is 26.2. The quantitative estimate of drug-likeness (QED) is 0.618. The second-order valence-corrected chi connectivity index (χ2v) is 10.4. The Labute approximate surface area is 202 Å². The molecule has 34 heavy (non-hydrogen) atoms. The number of aliphatic hydroxyl groups is 1. The molecule has 1 aromatic rings. The van der Waals surface area contributed by atoms with Crippen molar-refractivity contribution >= 4 is 12.0 Å². The van der Waals surface area contributed by atoms with Crippen LogP contribution in [0.3, 0.4) is 0 Å². The molecule has 1 aromatic carbocycles. The predicted octanol–water partition coefficient (Wildman–Crippen LogP) is 1.15. The van der Waals surface area contributed by atoms with Crippen molar-refractivity contribution in [1.29, 1.82) is 0 Å². The lowest BCUT2D eigenvalue weighted by atomic mass is 9.69. The number of rotatable bonds is 3. The lowest BCUT2D eigenvalue weighted by Crippen LogP contribution is -2.56. The van der Waals surface area contributed by atoms with Gasteiger partial charge in [-0.05, 0) is 45.3 Å². The van der Waals surface area contributed by atoms with Crippen LogP contribution in [0.15, 0.2) is 47.2 Å². The number of β-amino-alcohol motifs (C(OH)–C–C–N with tert-alkyl or cyclic N) is 1. The fourth-order valence-electron chi connectivity index (χ4n) is 6.08. The molecule has 2 saturated heterocycles. The number of likely N-dealkylation sites (N-methyl/N-ethyl adjacent to an activating group) is 1. The zero-order valence-corrected chi connectivity index (χ0v) is 20.5. The van der Waals surface area contributed by atoms with Gasteiger partial charge in [0, 0.05) is 25.7 Å². The third kappa shape index (κ3) is 4.06. The third-order valence-corrected chi connectivity index (χ3v) is 8.13. The van der Waals surface area contributed by atoms with E-state index >= 15 is 0 Å². The van der Waals surface area contributed by atoms with Gasteiger partial charge in [0.05, 0.1) is 37.1 Å². The SMILES string of the molecule is CN1CC(N2CC3(CCC(c4ccccc4)(N(C)C)CC3)NC2=O)=CN=C1N1CCNC(O)C1. The van der Waals surface area contributed by atoms with Crippen LogP contribution in [0.5, 0.6) is 0 Å². The molecule has 3 aliphatic heterocycles. The zero-order valence-electron chi connectivity index (χ0n) is 20.5. The van der Waals surface area contributed by atoms with E-state index in [1.165, 1.54) is 5.56 Å². The topological polar surface area (TPSA) is 86.7 Å². The van der Waals surface area contributed by atoms with E-state index in [9.17, 15) is 9.90 Å². The first-order valence-electron chi connectivity index (χ1n) is 12.3. The number of hydrogen-bond acceptors (Lipinski definition) is 7. The van der Waals surface area contributed by atoms with Gasteiger partial charge in [-0.15, -0.1) is 0 Å². The van der Waals surface area contributed by atoms with Gasteiger partial charge in [-0.3, -0.25) is 15.1 Å². The van der Waals surface area contributed by atoms with Gasteiger partial charge in [-0.2, -0.15) is 0 Å². The average molecular weight is 468 g/mol. The summed E-state index contributed by atoms with van der Waals surface area (Å²) >= 11 is 0. The highest BCUT2D eigenvalue weighted by molar-refractivity contribution is 5.84. The number of carbonyl (C=O) groups excluding carboxylic acids is 1. The molecular formula is C25H37N7O2. The van der Waals surface area contributed by atoms with Crippen LogP contribution in [-0.4, -0.2) is 102 Å². The van der Waals surface area contributed by atoms with Gasteiger partial charge in [-0.25, -0.2) is 9.79 Å². The van der Waals surface area contributed by atoms with E-state index < -0.39 is 6.23 Å². The Balaban J connectivity index is 1.30. The number of nitrogens with one attached hydrogen (secondary N) is 2. The molecule has 5 rings (SSSR count). The fourth-order valence-corrected chi connectivity index (χ4v) is 6.08. The van der Waals surface area contributed by atoms with E-state index in [1.807, 2.05) is 18.1 Å². The minimum absolute atomic E-state index is 0.00203. The number of urea groups is 1. The van der Waals surface area contributed by atoms with E-state index in [-0.39, 0.29) is 17.1 Å². The first-order valence-corrected chi connectivity index (χ1v) is 12.3. The molecule has 0 radical (unpaired) electrons. The monoisotopic (exact) mass is 467 g/mol. The molecular weight excluding hydrogens is 430 g/mol. The first-order chi connectivity index (χ1) is 16.3. The van der Waals surface area contributed by atoms with Crippen LogP contribution in [-0.2, 0) is 5.54 Å². The summed E-state index contributed by atoms with van der Waals surface area (Å²) in [5, 5.41) is 16.3. The molecule has 0 aromatic heterocycles. The summed E-state index contributed by atoms with van der Waals surface area (Å²) in [6.07, 6.45) is 5.18. The largest absolute Gasteiger partial charge is 0.377 e. The molecule has 9 heteroatoms. The maximum atomic E-state index is 13.1. The van der Waals surface area contributed by atoms with E-state index in [0.717, 1.165) is 50.4 Å². The van der Waals surface area contributed by atoms with Crippen molar-refractivity contribution in [2.45, 2.75) is 43.0 Å². The molecule has 3 N–H and O–H groups in total. The van der Waals surface area contributed by atoms with Crippen LogP contribution < -0.4 is 10.6 Å². The molecule has 0 bridgehead atoms. The van der Waals surface area contributed by atoms with Crippen molar-refractivity contribution in [3.05, 3.63) is 47.8 Å². The number of carbonyl (C=O) groups is 1. The van der Waals surface area contributed by atoms with Crippen LogP contribution in [0.4, 0.5) is 4.79 Å². The summed E-state index contributed by atoms with van der Waals surface area (Å²) in [6, 6.07) is 10.7. The highest BCUT2D eigenvalue weighted by Gasteiger charge is 2.50. The molecule has 1 atom stereocenters. The molecule has 9 nitrogen and oxygen atoms in total. The van der Waals surface area contributed by atoms with Crippen molar-refractivity contribution < 1.29 is 9.90 Å². The highest BCUT2D eigenvalue weighted by Crippen LogP contribution is 2.46. The lowest BCUT2D eigenvalue weighted by Gasteiger charge is -2.48. The number of aliphatic hydroxyl groups excluding tert-OH is 1. The van der Waals surface area contributed by atoms with Gasteiger partial charge in [-0.1, -0.05) is 30.3 Å². The molecule has 1 unspecified atom stereocenters. The van der Waals surface area contributed by atoms with Gasteiger partial charge >= 0.3 is 6.03 Å². The molecule has 3 fully saturated rings. The number of hydrogen-bond donors (Lipinski definition) is 3. The summed E-state index contributed by atoms with van der Waals surface area (Å²) < 4.78 is 0. The predicted molar refractivity (Wildman–Crippen MR) is 132 cm³/mol. The molecule has 4 aliphatic rings. The van der Waals surface area contributed by atoms with Gasteiger partial charge < -0.3 is 20.2 Å². The van der Waals surface area contributed by atoms with Crippen molar-refractivity contribution in [2.24, 2.45) is 4.99 Å². The minimum Gasteiger partial charge on any atom is -0.377 e. The summed E-state index contributed by atoms with van der Waals surface area (Å²) in [5.41, 5.74) is 2.08. The van der Waals surface area contributed by atoms with Crippen molar-refractivity contribution in [1.82, 2.24) is 30.2 Å². The van der Waals surface area contributed by atoms with E-state index in [2.05, 4.69) is 74.8 Å². The lowest BCUT2D eigenvalue weighted by molar-refractivity contribution is 0.0626. The van der Waals surface area contributed by atoms with E-state index in [1.54, 1.807) is 0 Å². The van der Waals surface area contributed by atoms with Crippen LogP contribution in [0, 0.1) is 0 Å². The first kappa shape index (κ1) is 23.1. The second kappa shape index (κ2) is 8.87. The van der Waals surface area contributed by atoms with Gasteiger partial charge in [0.2, 0.25) is 5.96 Å². The van der Waals surface area contributed by atoms with Gasteiger partial charge in [0.15, 0.2) is 0 Å². The van der Waals surface area contributed by atoms with Crippen LogP contribution in [0.2, 0.25) is 0 Å². The number of amides is 2. The zero-order chi connectivity index (χ0) is 23.9. The van der Waals surface area contributed by atoms with Crippen molar-refractivity contribution in [3.63, 3.8) is 0 Å². The summed E-state index contributed by atoms with van der Waals surface area (Å²) in [6.45, 7) is 3.33. The van der Waals surface area contributed by atoms with E-state index in [0.29, 0.717) is 19.6 Å². The molecule has 3 heterocycles. The van der Waals surface area contributed by atoms with Crippen molar-refractivity contribution in [2.75, 3.05) is 53.9 Å². The van der Waals surface area contributed by atoms with Gasteiger partial charge in [0.25, 0.3) is 0 Å². The number of piperazine rings is 1. The normalized spacial score (nSPS) is 32.2. The standard InChI is InChI=1S/C25H37N7O2/c1-29(2)25(19-7-5-4-6-8-19)11-9-24(10-12-25)18-32(23(34)28-24)20-15-27-22(30(3)16-20)31-14-13-26-21(33)17-31/h4-8,15,21,26,33H,9-14,16-18H2,1-3H3,(H,28,34). The number of nitrogens with zero attached hydrogens (tertiary/aromatic N) is 5. The Morgan fingerprint density at radius 2 is 1.88 bits per heavy atom. The molecule has 184 valence electrons. The minimum atomic E-state index is -0.545. The molecule has 2 amide bonds. The molecule has 1 spiro atoms. The van der Waals surface area contributed by atoms with Crippen LogP contribution in [0.25, 0.3) is 0 Å². The Hall–Kier alpha value is -2.62. The Morgan fingerprint density at radius 1 is 1.15 bits per heavy atom.